The summed E-state index contributed by atoms with van der Waals surface area (Å²) in [5.41, 5.74) is 6.47. The summed E-state index contributed by atoms with van der Waals surface area (Å²) in [6, 6.07) is 0.479. The van der Waals surface area contributed by atoms with Gasteiger partial charge in [0, 0.05) is 12.6 Å². The molecule has 0 saturated carbocycles. The summed E-state index contributed by atoms with van der Waals surface area (Å²) in [6.07, 6.45) is 4.08. The number of hydrogen-bond donors (Lipinski definition) is 2. The molecule has 1 aliphatic rings. The standard InChI is InChI=1S/C13H23N5O/c1-3-19-13-11(14)12(16-9-17-13)15-8-10(2)18-6-4-5-7-18/h9-10H,3-8,14H2,1-2H3,(H,15,16,17). The summed E-state index contributed by atoms with van der Waals surface area (Å²) in [5, 5.41) is 3.29. The Morgan fingerprint density at radius 1 is 1.42 bits per heavy atom. The number of nitrogens with one attached hydrogen (secondary N) is 1. The Kier molecular flexibility index (Phi) is 4.79. The molecule has 0 radical (unpaired) electrons. The fourth-order valence-electron chi connectivity index (χ4n) is 2.33. The molecule has 2 heterocycles. The van der Waals surface area contributed by atoms with Crippen LogP contribution in [0.4, 0.5) is 11.5 Å². The third kappa shape index (κ3) is 3.47. The lowest BCUT2D eigenvalue weighted by molar-refractivity contribution is 0.269. The Balaban J connectivity index is 1.93. The maximum atomic E-state index is 5.98. The van der Waals surface area contributed by atoms with Gasteiger partial charge in [0.1, 0.15) is 12.0 Å². The number of likely N-dealkylation sites (tertiary alicyclic amines) is 1. The number of rotatable bonds is 6. The van der Waals surface area contributed by atoms with Gasteiger partial charge in [0.2, 0.25) is 5.88 Å². The molecular weight excluding hydrogens is 242 g/mol. The van der Waals surface area contributed by atoms with Crippen molar-refractivity contribution in [2.45, 2.75) is 32.7 Å². The van der Waals surface area contributed by atoms with E-state index in [-0.39, 0.29) is 0 Å². The van der Waals surface area contributed by atoms with Crippen molar-refractivity contribution in [3.8, 4) is 5.88 Å². The second-order valence-electron chi connectivity index (χ2n) is 4.85. The predicted molar refractivity (Wildman–Crippen MR) is 76.4 cm³/mol. The lowest BCUT2D eigenvalue weighted by atomic mass is 10.3. The minimum atomic E-state index is 0.453. The molecule has 3 N–H and O–H groups in total. The number of aromatic nitrogens is 2. The molecule has 106 valence electrons. The fourth-order valence-corrected chi connectivity index (χ4v) is 2.33. The van der Waals surface area contributed by atoms with E-state index in [0.717, 1.165) is 6.54 Å². The fraction of sp³-hybridized carbons (Fsp3) is 0.692. The highest BCUT2D eigenvalue weighted by Crippen LogP contribution is 2.24. The molecule has 0 bridgehead atoms. The average molecular weight is 265 g/mol. The van der Waals surface area contributed by atoms with E-state index in [1.165, 1.54) is 32.3 Å². The molecule has 1 aromatic heterocycles. The van der Waals surface area contributed by atoms with Crippen LogP contribution < -0.4 is 15.8 Å². The lowest BCUT2D eigenvalue weighted by Crippen LogP contribution is -2.35. The molecule has 1 unspecified atom stereocenters. The number of nitrogen functional groups attached to an aromatic ring is 1. The summed E-state index contributed by atoms with van der Waals surface area (Å²) in [6.45, 7) is 7.87. The first-order valence-electron chi connectivity index (χ1n) is 6.93. The summed E-state index contributed by atoms with van der Waals surface area (Å²) < 4.78 is 5.36. The van der Waals surface area contributed by atoms with E-state index in [0.29, 0.717) is 30.0 Å². The van der Waals surface area contributed by atoms with Gasteiger partial charge in [-0.25, -0.2) is 4.98 Å². The highest BCUT2D eigenvalue weighted by atomic mass is 16.5. The van der Waals surface area contributed by atoms with Gasteiger partial charge in [-0.1, -0.05) is 0 Å². The Bertz CT molecular complexity index is 406. The van der Waals surface area contributed by atoms with E-state index in [4.69, 9.17) is 10.5 Å². The Hall–Kier alpha value is -1.56. The molecule has 6 nitrogen and oxygen atoms in total. The third-order valence-electron chi connectivity index (χ3n) is 3.46. The second-order valence-corrected chi connectivity index (χ2v) is 4.85. The molecule has 2 rings (SSSR count). The Morgan fingerprint density at radius 3 is 2.84 bits per heavy atom. The maximum absolute atomic E-state index is 5.98. The van der Waals surface area contributed by atoms with Crippen LogP contribution in [0.5, 0.6) is 5.88 Å². The largest absolute Gasteiger partial charge is 0.476 e. The molecule has 0 amide bonds. The van der Waals surface area contributed by atoms with Gasteiger partial charge in [-0.05, 0) is 39.8 Å². The van der Waals surface area contributed by atoms with Crippen LogP contribution in [0.2, 0.25) is 0 Å². The molecule has 6 heteroatoms. The Labute approximate surface area is 114 Å². The molecule has 1 fully saturated rings. The van der Waals surface area contributed by atoms with Crippen LogP contribution >= 0.6 is 0 Å². The SMILES string of the molecule is CCOc1ncnc(NCC(C)N2CCCC2)c1N. The Morgan fingerprint density at radius 2 is 2.16 bits per heavy atom. The van der Waals surface area contributed by atoms with Crippen molar-refractivity contribution in [2.24, 2.45) is 0 Å². The van der Waals surface area contributed by atoms with E-state index in [1.807, 2.05) is 6.92 Å². The predicted octanol–water partition coefficient (Wildman–Crippen LogP) is 1.35. The van der Waals surface area contributed by atoms with Crippen molar-refractivity contribution in [2.75, 3.05) is 37.3 Å². The second kappa shape index (κ2) is 6.56. The first kappa shape index (κ1) is 13.9. The van der Waals surface area contributed by atoms with E-state index in [9.17, 15) is 0 Å². The number of ether oxygens (including phenoxy) is 1. The van der Waals surface area contributed by atoms with Gasteiger partial charge in [-0.15, -0.1) is 0 Å². The number of nitrogens with two attached hydrogens (primary N) is 1. The van der Waals surface area contributed by atoms with Gasteiger partial charge in [0.25, 0.3) is 0 Å². The summed E-state index contributed by atoms with van der Waals surface area (Å²) in [7, 11) is 0. The molecular formula is C13H23N5O. The van der Waals surface area contributed by atoms with Gasteiger partial charge in [0.15, 0.2) is 5.82 Å². The molecule has 1 aromatic rings. The highest BCUT2D eigenvalue weighted by Gasteiger charge is 2.18. The first-order valence-corrected chi connectivity index (χ1v) is 6.93. The quantitative estimate of drug-likeness (QED) is 0.808. The lowest BCUT2D eigenvalue weighted by Gasteiger charge is -2.24. The van der Waals surface area contributed by atoms with Crippen LogP contribution in [0.25, 0.3) is 0 Å². The molecule has 19 heavy (non-hydrogen) atoms. The van der Waals surface area contributed by atoms with Crippen LogP contribution in [-0.2, 0) is 0 Å². The molecule has 0 aromatic carbocycles. The van der Waals surface area contributed by atoms with Crippen LogP contribution in [0, 0.1) is 0 Å². The van der Waals surface area contributed by atoms with Gasteiger partial charge in [0.05, 0.1) is 6.61 Å². The van der Waals surface area contributed by atoms with Crippen LogP contribution in [0.15, 0.2) is 6.33 Å². The van der Waals surface area contributed by atoms with Gasteiger partial charge >= 0.3 is 0 Å². The topological polar surface area (TPSA) is 76.3 Å². The van der Waals surface area contributed by atoms with Gasteiger partial charge in [-0.2, -0.15) is 4.98 Å². The monoisotopic (exact) mass is 265 g/mol. The van der Waals surface area contributed by atoms with Gasteiger partial charge < -0.3 is 15.8 Å². The zero-order chi connectivity index (χ0) is 13.7. The van der Waals surface area contributed by atoms with E-state index in [1.54, 1.807) is 0 Å². The molecule has 1 saturated heterocycles. The van der Waals surface area contributed by atoms with Crippen molar-refractivity contribution in [1.29, 1.82) is 0 Å². The van der Waals surface area contributed by atoms with Crippen LogP contribution in [0.3, 0.4) is 0 Å². The van der Waals surface area contributed by atoms with E-state index < -0.39 is 0 Å². The maximum Gasteiger partial charge on any atom is 0.242 e. The van der Waals surface area contributed by atoms with Crippen molar-refractivity contribution in [3.63, 3.8) is 0 Å². The van der Waals surface area contributed by atoms with E-state index in [2.05, 4.69) is 27.1 Å². The first-order chi connectivity index (χ1) is 9.22. The molecule has 0 aliphatic carbocycles. The van der Waals surface area contributed by atoms with Crippen molar-refractivity contribution >= 4 is 11.5 Å². The van der Waals surface area contributed by atoms with Crippen molar-refractivity contribution < 1.29 is 4.74 Å². The van der Waals surface area contributed by atoms with Gasteiger partial charge in [-0.3, -0.25) is 4.90 Å². The number of hydrogen-bond acceptors (Lipinski definition) is 6. The normalized spacial score (nSPS) is 17.4. The zero-order valence-corrected chi connectivity index (χ0v) is 11.7. The number of nitrogens with zero attached hydrogens (tertiary/aromatic N) is 3. The minimum Gasteiger partial charge on any atom is -0.476 e. The molecule has 1 atom stereocenters. The number of anilines is 2. The highest BCUT2D eigenvalue weighted by molar-refractivity contribution is 5.66. The van der Waals surface area contributed by atoms with Crippen LogP contribution in [0.1, 0.15) is 26.7 Å². The minimum absolute atomic E-state index is 0.453. The van der Waals surface area contributed by atoms with Crippen molar-refractivity contribution in [1.82, 2.24) is 14.9 Å². The summed E-state index contributed by atoms with van der Waals surface area (Å²) >= 11 is 0. The van der Waals surface area contributed by atoms with Crippen molar-refractivity contribution in [3.05, 3.63) is 6.33 Å². The summed E-state index contributed by atoms with van der Waals surface area (Å²) in [4.78, 5) is 10.7. The van der Waals surface area contributed by atoms with Crippen LogP contribution in [-0.4, -0.2) is 47.2 Å². The zero-order valence-electron chi connectivity index (χ0n) is 11.7. The average Bonchev–Trinajstić information content (AvgIpc) is 2.94. The smallest absolute Gasteiger partial charge is 0.242 e. The van der Waals surface area contributed by atoms with E-state index >= 15 is 0 Å². The molecule has 0 spiro atoms. The summed E-state index contributed by atoms with van der Waals surface area (Å²) in [5.74, 6) is 1.11. The third-order valence-corrected chi connectivity index (χ3v) is 3.46. The molecule has 1 aliphatic heterocycles.